The smallest absolute Gasteiger partial charge is 0.238 e. The zero-order chi connectivity index (χ0) is 17.6. The summed E-state index contributed by atoms with van der Waals surface area (Å²) in [5.74, 6) is 0.254. The number of ketones is 1. The third-order valence-electron chi connectivity index (χ3n) is 3.91. The number of aldehydes is 1. The van der Waals surface area contributed by atoms with Gasteiger partial charge in [-0.15, -0.1) is 0 Å². The summed E-state index contributed by atoms with van der Waals surface area (Å²) in [6.07, 6.45) is 7.44. The van der Waals surface area contributed by atoms with Crippen molar-refractivity contribution in [3.63, 3.8) is 0 Å². The van der Waals surface area contributed by atoms with E-state index in [0.717, 1.165) is 30.0 Å². The number of fused-ring (bicyclic) bond motifs is 1. The van der Waals surface area contributed by atoms with Crippen LogP contribution in [0.15, 0.2) is 42.7 Å². The molecule has 0 saturated carbocycles. The molecule has 6 heteroatoms. The van der Waals surface area contributed by atoms with E-state index in [0.29, 0.717) is 24.5 Å². The number of nitrogens with zero attached hydrogens (tertiary/aromatic N) is 2. The van der Waals surface area contributed by atoms with Gasteiger partial charge < -0.3 is 9.53 Å². The molecule has 2 heterocycles. The van der Waals surface area contributed by atoms with E-state index in [1.54, 1.807) is 6.20 Å². The molecule has 0 saturated heterocycles. The minimum atomic E-state index is -0.267. The highest BCUT2D eigenvalue weighted by Gasteiger charge is 2.20. The molecule has 2 aromatic rings. The van der Waals surface area contributed by atoms with Gasteiger partial charge in [-0.3, -0.25) is 19.5 Å². The summed E-state index contributed by atoms with van der Waals surface area (Å²) >= 11 is 0. The molecule has 1 aliphatic heterocycles. The quantitative estimate of drug-likeness (QED) is 0.441. The fourth-order valence-electron chi connectivity index (χ4n) is 2.60. The number of aromatic nitrogens is 1. The van der Waals surface area contributed by atoms with E-state index in [1.165, 1.54) is 17.2 Å². The topological polar surface area (TPSA) is 76.6 Å². The molecule has 0 N–H and O–H groups in total. The predicted octanol–water partition coefficient (Wildman–Crippen LogP) is 2.80. The van der Waals surface area contributed by atoms with Crippen LogP contribution in [0.3, 0.4) is 0 Å². The predicted molar refractivity (Wildman–Crippen MR) is 93.4 cm³/mol. The Morgan fingerprint density at radius 3 is 2.88 bits per heavy atom. The van der Waals surface area contributed by atoms with Gasteiger partial charge in [-0.1, -0.05) is 0 Å². The van der Waals surface area contributed by atoms with Crippen LogP contribution in [0.4, 0.5) is 5.69 Å². The molecule has 128 valence electrons. The number of anilines is 1. The third-order valence-corrected chi connectivity index (χ3v) is 3.91. The van der Waals surface area contributed by atoms with Gasteiger partial charge in [0.25, 0.3) is 0 Å². The molecule has 3 rings (SSSR count). The molecule has 25 heavy (non-hydrogen) atoms. The summed E-state index contributed by atoms with van der Waals surface area (Å²) in [7, 11) is 0. The normalized spacial score (nSPS) is 14.2. The summed E-state index contributed by atoms with van der Waals surface area (Å²) in [4.78, 5) is 39.4. The molecule has 0 bridgehead atoms. The first-order valence-corrected chi connectivity index (χ1v) is 8.17. The second kappa shape index (κ2) is 7.70. The van der Waals surface area contributed by atoms with Crippen LogP contribution in [0.1, 0.15) is 25.7 Å². The zero-order valence-electron chi connectivity index (χ0n) is 13.7. The highest BCUT2D eigenvalue weighted by atomic mass is 16.5. The van der Waals surface area contributed by atoms with E-state index in [-0.39, 0.29) is 18.1 Å². The number of allylic oxidation sites excluding steroid dienone is 1. The number of hydrogen-bond acceptors (Lipinski definition) is 5. The van der Waals surface area contributed by atoms with Crippen LogP contribution in [0, 0.1) is 0 Å². The molecule has 1 aliphatic rings. The molecule has 0 aliphatic carbocycles. The van der Waals surface area contributed by atoms with Gasteiger partial charge in [0, 0.05) is 18.0 Å². The van der Waals surface area contributed by atoms with Crippen LogP contribution in [0.5, 0.6) is 5.75 Å². The van der Waals surface area contributed by atoms with E-state index < -0.39 is 0 Å². The summed E-state index contributed by atoms with van der Waals surface area (Å²) in [6.45, 7) is 0.544. The maximum absolute atomic E-state index is 12.0. The lowest BCUT2D eigenvalue weighted by Crippen LogP contribution is -2.30. The van der Waals surface area contributed by atoms with Crippen LogP contribution < -0.4 is 9.64 Å². The molecule has 0 atom stereocenters. The molecule has 1 amide bonds. The second-order valence-electron chi connectivity index (χ2n) is 5.78. The van der Waals surface area contributed by atoms with Crippen molar-refractivity contribution in [3.8, 4) is 5.75 Å². The van der Waals surface area contributed by atoms with Crippen molar-refractivity contribution >= 4 is 34.6 Å². The summed E-state index contributed by atoms with van der Waals surface area (Å²) in [5.41, 5.74) is 1.41. The number of carbonyl (C=O) groups excluding carboxylic acids is 3. The van der Waals surface area contributed by atoms with Crippen LogP contribution in [-0.2, 0) is 14.4 Å². The maximum atomic E-state index is 12.0. The SMILES string of the molecule is O=CCCCCOc1ccc2ncc(N3C=CC(=O)CC3=O)cc2c1. The Morgan fingerprint density at radius 1 is 1.20 bits per heavy atom. The van der Waals surface area contributed by atoms with Gasteiger partial charge in [-0.25, -0.2) is 0 Å². The average molecular weight is 338 g/mol. The first kappa shape index (κ1) is 16.8. The fourth-order valence-corrected chi connectivity index (χ4v) is 2.60. The molecule has 0 spiro atoms. The van der Waals surface area contributed by atoms with Gasteiger partial charge >= 0.3 is 0 Å². The number of benzene rings is 1. The highest BCUT2D eigenvalue weighted by molar-refractivity contribution is 6.13. The van der Waals surface area contributed by atoms with Crippen molar-refractivity contribution in [2.75, 3.05) is 11.5 Å². The van der Waals surface area contributed by atoms with Gasteiger partial charge in [-0.2, -0.15) is 0 Å². The number of carbonyl (C=O) groups is 3. The number of ether oxygens (including phenoxy) is 1. The second-order valence-corrected chi connectivity index (χ2v) is 5.78. The summed E-state index contributed by atoms with van der Waals surface area (Å²) in [5, 5.41) is 0.848. The van der Waals surface area contributed by atoms with Crippen molar-refractivity contribution in [1.29, 1.82) is 0 Å². The fraction of sp³-hybridized carbons (Fsp3) is 0.263. The van der Waals surface area contributed by atoms with E-state index in [2.05, 4.69) is 4.98 Å². The van der Waals surface area contributed by atoms with Crippen molar-refractivity contribution in [2.24, 2.45) is 0 Å². The van der Waals surface area contributed by atoms with E-state index in [9.17, 15) is 14.4 Å². The van der Waals surface area contributed by atoms with Gasteiger partial charge in [0.05, 0.1) is 30.4 Å². The molecule has 0 unspecified atom stereocenters. The van der Waals surface area contributed by atoms with Crippen LogP contribution in [-0.4, -0.2) is 29.6 Å². The van der Waals surface area contributed by atoms with Gasteiger partial charge in [0.15, 0.2) is 5.78 Å². The molecule has 1 aromatic heterocycles. The molecular formula is C19H18N2O4. The molecule has 1 aromatic carbocycles. The molecule has 0 radical (unpaired) electrons. The van der Waals surface area contributed by atoms with Crippen molar-refractivity contribution in [3.05, 3.63) is 42.7 Å². The van der Waals surface area contributed by atoms with E-state index in [4.69, 9.17) is 4.74 Å². The Morgan fingerprint density at radius 2 is 2.08 bits per heavy atom. The number of hydrogen-bond donors (Lipinski definition) is 0. The van der Waals surface area contributed by atoms with Crippen LogP contribution >= 0.6 is 0 Å². The van der Waals surface area contributed by atoms with Crippen molar-refractivity contribution < 1.29 is 19.1 Å². The standard InChI is InChI=1S/C19H18N2O4/c22-8-2-1-3-9-25-17-4-5-18-14(11-17)10-15(13-20-18)21-7-6-16(23)12-19(21)24/h4-8,10-11,13H,1-3,9,12H2. The van der Waals surface area contributed by atoms with Gasteiger partial charge in [0.2, 0.25) is 5.91 Å². The highest BCUT2D eigenvalue weighted by Crippen LogP contribution is 2.25. The number of amides is 1. The molecular weight excluding hydrogens is 320 g/mol. The monoisotopic (exact) mass is 338 g/mol. The first-order valence-electron chi connectivity index (χ1n) is 8.17. The first-order chi connectivity index (χ1) is 12.2. The number of unbranched alkanes of at least 4 members (excludes halogenated alkanes) is 2. The van der Waals surface area contributed by atoms with Crippen molar-refractivity contribution in [1.82, 2.24) is 4.98 Å². The third kappa shape index (κ3) is 4.09. The Labute approximate surface area is 145 Å². The Balaban J connectivity index is 1.76. The lowest BCUT2D eigenvalue weighted by Gasteiger charge is -2.20. The van der Waals surface area contributed by atoms with Gasteiger partial charge in [0.1, 0.15) is 12.0 Å². The minimum Gasteiger partial charge on any atom is -0.494 e. The Kier molecular flexibility index (Phi) is 5.18. The lowest BCUT2D eigenvalue weighted by molar-refractivity contribution is -0.124. The van der Waals surface area contributed by atoms with E-state index >= 15 is 0 Å². The maximum Gasteiger partial charge on any atom is 0.238 e. The molecule has 0 fully saturated rings. The number of rotatable bonds is 7. The average Bonchev–Trinajstić information content (AvgIpc) is 2.61. The zero-order valence-corrected chi connectivity index (χ0v) is 13.7. The van der Waals surface area contributed by atoms with Crippen LogP contribution in [0.25, 0.3) is 10.9 Å². The van der Waals surface area contributed by atoms with Crippen molar-refractivity contribution in [2.45, 2.75) is 25.7 Å². The minimum absolute atomic E-state index is 0.127. The van der Waals surface area contributed by atoms with E-state index in [1.807, 2.05) is 24.3 Å². The largest absolute Gasteiger partial charge is 0.494 e. The van der Waals surface area contributed by atoms with Crippen LogP contribution in [0.2, 0.25) is 0 Å². The Bertz CT molecular complexity index is 844. The number of pyridine rings is 1. The molecule has 6 nitrogen and oxygen atoms in total. The van der Waals surface area contributed by atoms with Gasteiger partial charge in [-0.05, 0) is 43.2 Å². The summed E-state index contributed by atoms with van der Waals surface area (Å²) < 4.78 is 5.70. The Hall–Kier alpha value is -3.02. The summed E-state index contributed by atoms with van der Waals surface area (Å²) in [6, 6.07) is 7.42. The lowest BCUT2D eigenvalue weighted by atomic mass is 10.1.